The molecule has 1 aromatic rings. The molecule has 1 aromatic carbocycles. The van der Waals surface area contributed by atoms with Crippen LogP contribution in [0.5, 0.6) is 0 Å². The number of likely N-dealkylation sites (N-methyl/N-ethyl adjacent to an activating group) is 1. The summed E-state index contributed by atoms with van der Waals surface area (Å²) in [6.07, 6.45) is 2.33. The van der Waals surface area contributed by atoms with E-state index >= 15 is 0 Å². The summed E-state index contributed by atoms with van der Waals surface area (Å²) in [6, 6.07) is 4.75. The van der Waals surface area contributed by atoms with Crippen molar-refractivity contribution in [3.05, 3.63) is 34.4 Å². The van der Waals surface area contributed by atoms with Gasteiger partial charge in [0.05, 0.1) is 27.2 Å². The second-order valence-corrected chi connectivity index (χ2v) is 5.79. The Morgan fingerprint density at radius 2 is 1.53 bits per heavy atom. The molecule has 0 spiro atoms. The lowest BCUT2D eigenvalue weighted by molar-refractivity contribution is -0.888. The van der Waals surface area contributed by atoms with Crippen LogP contribution in [-0.4, -0.2) is 31.7 Å². The highest BCUT2D eigenvalue weighted by atomic mass is 15.3. The zero-order valence-corrected chi connectivity index (χ0v) is 12.4. The minimum Gasteiger partial charge on any atom is -0.328 e. The monoisotopic (exact) mass is 234 g/mol. The maximum absolute atomic E-state index is 2.38. The summed E-state index contributed by atoms with van der Waals surface area (Å²) in [5.41, 5.74) is 5.95. The first-order chi connectivity index (χ1) is 7.89. The molecule has 96 valence electrons. The molecule has 0 unspecified atom stereocenters. The van der Waals surface area contributed by atoms with E-state index in [2.05, 4.69) is 53.9 Å². The predicted molar refractivity (Wildman–Crippen MR) is 76.5 cm³/mol. The van der Waals surface area contributed by atoms with Gasteiger partial charge in [-0.05, 0) is 49.4 Å². The Balaban J connectivity index is 2.80. The standard InChI is InChI=1S/C16H28N/c1-7-16-13(3)11-15(12-14(16)4)9-10-17(5,6)8-2/h11-12H,7-10H2,1-6H3/q+1. The number of hydrogen-bond donors (Lipinski definition) is 0. The molecule has 0 bridgehead atoms. The fourth-order valence-electron chi connectivity index (χ4n) is 2.37. The second kappa shape index (κ2) is 5.68. The fourth-order valence-corrected chi connectivity index (χ4v) is 2.37. The normalized spacial score (nSPS) is 11.9. The molecule has 0 fully saturated rings. The molecule has 0 aliphatic rings. The highest BCUT2D eigenvalue weighted by Crippen LogP contribution is 2.18. The molecule has 0 aliphatic heterocycles. The molecule has 0 atom stereocenters. The predicted octanol–water partition coefficient (Wildman–Crippen LogP) is 3.50. The van der Waals surface area contributed by atoms with E-state index in [0.29, 0.717) is 0 Å². The van der Waals surface area contributed by atoms with Gasteiger partial charge in [0.15, 0.2) is 0 Å². The molecule has 0 amide bonds. The molecule has 1 rings (SSSR count). The largest absolute Gasteiger partial charge is 0.328 e. The first-order valence-electron chi connectivity index (χ1n) is 6.80. The summed E-state index contributed by atoms with van der Waals surface area (Å²) in [6.45, 7) is 11.4. The summed E-state index contributed by atoms with van der Waals surface area (Å²) < 4.78 is 1.10. The topological polar surface area (TPSA) is 0 Å². The number of benzene rings is 1. The quantitative estimate of drug-likeness (QED) is 0.684. The van der Waals surface area contributed by atoms with Crippen LogP contribution in [0.25, 0.3) is 0 Å². The van der Waals surface area contributed by atoms with Crippen molar-refractivity contribution in [1.29, 1.82) is 0 Å². The number of nitrogens with zero attached hydrogens (tertiary/aromatic N) is 1. The van der Waals surface area contributed by atoms with E-state index in [0.717, 1.165) is 10.9 Å². The van der Waals surface area contributed by atoms with Crippen molar-refractivity contribution in [3.8, 4) is 0 Å². The van der Waals surface area contributed by atoms with Gasteiger partial charge in [-0.3, -0.25) is 0 Å². The van der Waals surface area contributed by atoms with Crippen LogP contribution in [-0.2, 0) is 12.8 Å². The molecule has 0 saturated heterocycles. The molecule has 0 aliphatic carbocycles. The number of rotatable bonds is 5. The van der Waals surface area contributed by atoms with Gasteiger partial charge in [0.1, 0.15) is 0 Å². The van der Waals surface area contributed by atoms with Crippen molar-refractivity contribution < 1.29 is 4.48 Å². The van der Waals surface area contributed by atoms with Gasteiger partial charge in [-0.1, -0.05) is 19.1 Å². The molecule has 0 saturated carbocycles. The van der Waals surface area contributed by atoms with Crippen LogP contribution >= 0.6 is 0 Å². The molecule has 1 heteroatoms. The molecular formula is C16H28N+. The maximum Gasteiger partial charge on any atom is 0.0823 e. The van der Waals surface area contributed by atoms with Crippen molar-refractivity contribution in [2.24, 2.45) is 0 Å². The van der Waals surface area contributed by atoms with E-state index in [1.54, 1.807) is 0 Å². The fraction of sp³-hybridized carbons (Fsp3) is 0.625. The summed E-state index contributed by atoms with van der Waals surface area (Å²) in [5.74, 6) is 0. The molecule has 0 radical (unpaired) electrons. The summed E-state index contributed by atoms with van der Waals surface area (Å²) >= 11 is 0. The van der Waals surface area contributed by atoms with Gasteiger partial charge in [0, 0.05) is 6.42 Å². The van der Waals surface area contributed by atoms with Crippen molar-refractivity contribution in [2.45, 2.75) is 40.5 Å². The molecule has 0 aromatic heterocycles. The minimum atomic E-state index is 1.10. The van der Waals surface area contributed by atoms with Crippen LogP contribution in [0.1, 0.15) is 36.1 Å². The zero-order valence-electron chi connectivity index (χ0n) is 12.4. The number of aryl methyl sites for hydroxylation is 2. The van der Waals surface area contributed by atoms with Gasteiger partial charge >= 0.3 is 0 Å². The van der Waals surface area contributed by atoms with Crippen molar-refractivity contribution in [1.82, 2.24) is 0 Å². The van der Waals surface area contributed by atoms with Gasteiger partial charge in [-0.2, -0.15) is 0 Å². The zero-order chi connectivity index (χ0) is 13.1. The van der Waals surface area contributed by atoms with E-state index in [-0.39, 0.29) is 0 Å². The van der Waals surface area contributed by atoms with Crippen LogP contribution in [0.4, 0.5) is 0 Å². The Bertz CT molecular complexity index is 354. The highest BCUT2D eigenvalue weighted by Gasteiger charge is 2.12. The highest BCUT2D eigenvalue weighted by molar-refractivity contribution is 5.38. The molecule has 17 heavy (non-hydrogen) atoms. The van der Waals surface area contributed by atoms with Gasteiger partial charge in [-0.15, -0.1) is 0 Å². The van der Waals surface area contributed by atoms with Crippen molar-refractivity contribution in [3.63, 3.8) is 0 Å². The van der Waals surface area contributed by atoms with E-state index in [4.69, 9.17) is 0 Å². The van der Waals surface area contributed by atoms with E-state index in [1.165, 1.54) is 41.8 Å². The Labute approximate surface area is 107 Å². The van der Waals surface area contributed by atoms with Crippen LogP contribution in [0.3, 0.4) is 0 Å². The van der Waals surface area contributed by atoms with Crippen LogP contribution in [0.2, 0.25) is 0 Å². The third-order valence-electron chi connectivity index (χ3n) is 3.97. The summed E-state index contributed by atoms with van der Waals surface area (Å²) in [7, 11) is 4.61. The Morgan fingerprint density at radius 3 is 1.94 bits per heavy atom. The third kappa shape index (κ3) is 3.85. The molecule has 1 nitrogen and oxygen atoms in total. The van der Waals surface area contributed by atoms with Crippen LogP contribution in [0, 0.1) is 13.8 Å². The summed E-state index contributed by atoms with van der Waals surface area (Å²) in [5, 5.41) is 0. The first-order valence-corrected chi connectivity index (χ1v) is 6.80. The number of quaternary nitrogens is 1. The van der Waals surface area contributed by atoms with E-state index in [1.807, 2.05) is 0 Å². The van der Waals surface area contributed by atoms with Gasteiger partial charge in [-0.25, -0.2) is 0 Å². The average Bonchev–Trinajstić information content (AvgIpc) is 2.26. The van der Waals surface area contributed by atoms with Crippen LogP contribution in [0.15, 0.2) is 12.1 Å². The van der Waals surface area contributed by atoms with E-state index < -0.39 is 0 Å². The first kappa shape index (κ1) is 14.2. The smallest absolute Gasteiger partial charge is 0.0823 e. The maximum atomic E-state index is 2.38. The SMILES string of the molecule is CCc1c(C)cc(CC[N+](C)(C)CC)cc1C. The lowest BCUT2D eigenvalue weighted by Crippen LogP contribution is -2.40. The third-order valence-corrected chi connectivity index (χ3v) is 3.97. The lowest BCUT2D eigenvalue weighted by atomic mass is 9.96. The molecule has 0 N–H and O–H groups in total. The minimum absolute atomic E-state index is 1.10. The second-order valence-electron chi connectivity index (χ2n) is 5.79. The molecule has 0 heterocycles. The van der Waals surface area contributed by atoms with Crippen molar-refractivity contribution >= 4 is 0 Å². The summed E-state index contributed by atoms with van der Waals surface area (Å²) in [4.78, 5) is 0. The van der Waals surface area contributed by atoms with E-state index in [9.17, 15) is 0 Å². The average molecular weight is 234 g/mol. The van der Waals surface area contributed by atoms with Crippen LogP contribution < -0.4 is 0 Å². The number of hydrogen-bond acceptors (Lipinski definition) is 0. The van der Waals surface area contributed by atoms with Gasteiger partial charge < -0.3 is 4.48 Å². The Hall–Kier alpha value is -0.820. The van der Waals surface area contributed by atoms with Gasteiger partial charge in [0.2, 0.25) is 0 Å². The Kier molecular flexibility index (Phi) is 4.76. The lowest BCUT2D eigenvalue weighted by Gasteiger charge is -2.28. The van der Waals surface area contributed by atoms with Crippen molar-refractivity contribution in [2.75, 3.05) is 27.2 Å². The molecular weight excluding hydrogens is 206 g/mol. The Morgan fingerprint density at radius 1 is 1.00 bits per heavy atom. The van der Waals surface area contributed by atoms with Gasteiger partial charge in [0.25, 0.3) is 0 Å².